The molecule has 1 aliphatic heterocycles. The molecule has 1 saturated heterocycles. The third kappa shape index (κ3) is 5.38. The normalized spacial score (nSPS) is 16.1. The number of ether oxygens (including phenoxy) is 1. The summed E-state index contributed by atoms with van der Waals surface area (Å²) in [6, 6.07) is 29.6. The van der Waals surface area contributed by atoms with Gasteiger partial charge in [0.25, 0.3) is 0 Å². The highest BCUT2D eigenvalue weighted by molar-refractivity contribution is 5.43. The van der Waals surface area contributed by atoms with E-state index in [0.29, 0.717) is 18.8 Å². The van der Waals surface area contributed by atoms with Crippen molar-refractivity contribution in [1.82, 2.24) is 4.90 Å². The zero-order chi connectivity index (χ0) is 24.1. The number of aliphatic hydroxyl groups is 1. The molecule has 0 spiro atoms. The first-order valence-corrected chi connectivity index (χ1v) is 12.1. The van der Waals surface area contributed by atoms with Gasteiger partial charge in [-0.15, -0.1) is 0 Å². The van der Waals surface area contributed by atoms with E-state index in [-0.39, 0.29) is 11.9 Å². The van der Waals surface area contributed by atoms with Crippen LogP contribution in [0, 0.1) is 5.82 Å². The van der Waals surface area contributed by atoms with Crippen molar-refractivity contribution in [2.45, 2.75) is 37.6 Å². The predicted molar refractivity (Wildman–Crippen MR) is 133 cm³/mol. The van der Waals surface area contributed by atoms with Crippen molar-refractivity contribution in [2.24, 2.45) is 0 Å². The molecule has 1 aliphatic rings. The Hall–Kier alpha value is -3.25. The minimum absolute atomic E-state index is 0.156. The van der Waals surface area contributed by atoms with Gasteiger partial charge in [-0.05, 0) is 53.8 Å². The van der Waals surface area contributed by atoms with Gasteiger partial charge in [0.05, 0.1) is 12.6 Å². The van der Waals surface area contributed by atoms with Crippen LogP contribution >= 0.6 is 0 Å². The maximum Gasteiger partial charge on any atom is 0.173 e. The molecule has 35 heavy (non-hydrogen) atoms. The van der Waals surface area contributed by atoms with Crippen LogP contribution in [-0.4, -0.2) is 29.3 Å². The van der Waals surface area contributed by atoms with Gasteiger partial charge in [0.15, 0.2) is 5.60 Å². The summed E-state index contributed by atoms with van der Waals surface area (Å²) in [6.07, 6.45) is 2.23. The minimum Gasteiger partial charge on any atom is -0.461 e. The van der Waals surface area contributed by atoms with E-state index in [1.54, 1.807) is 12.1 Å². The number of benzene rings is 3. The molecule has 0 aliphatic carbocycles. The Balaban J connectivity index is 1.43. The van der Waals surface area contributed by atoms with E-state index >= 15 is 0 Å². The fourth-order valence-corrected chi connectivity index (χ4v) is 4.84. The zero-order valence-corrected chi connectivity index (χ0v) is 19.6. The molecule has 0 saturated carbocycles. The van der Waals surface area contributed by atoms with E-state index in [1.807, 2.05) is 78.9 Å². The number of hydrogen-bond donors (Lipinski definition) is 1. The van der Waals surface area contributed by atoms with Gasteiger partial charge in [0.2, 0.25) is 0 Å². The molecule has 1 N–H and O–H groups in total. The Labute approximate surface area is 205 Å². The van der Waals surface area contributed by atoms with Gasteiger partial charge in [0.1, 0.15) is 17.3 Å². The Morgan fingerprint density at radius 2 is 1.57 bits per heavy atom. The Kier molecular flexibility index (Phi) is 7.09. The molecule has 1 aromatic heterocycles. The monoisotopic (exact) mass is 471 g/mol. The molecule has 4 aromatic rings. The molecule has 0 radical (unpaired) electrons. The van der Waals surface area contributed by atoms with Gasteiger partial charge in [-0.25, -0.2) is 4.39 Å². The summed E-state index contributed by atoms with van der Waals surface area (Å²) in [5.74, 6) is 0.961. The molecule has 0 amide bonds. The standard InChI is InChI=1S/C30H30FNO3/c31-26-14-7-9-23(19-26)20-32(21-27-15-8-18-34-27)22-28-16-17-29(35-28)30(33,24-10-3-1-4-11-24)25-12-5-2-6-13-25/h1-7,9-14,16-17,19,27,33H,8,15,18,20-22H2/t27-/m1/s1. The molecule has 0 unspecified atom stereocenters. The second-order valence-electron chi connectivity index (χ2n) is 9.14. The van der Waals surface area contributed by atoms with Gasteiger partial charge in [-0.2, -0.15) is 0 Å². The number of rotatable bonds is 9. The minimum atomic E-state index is -1.41. The lowest BCUT2D eigenvalue weighted by Gasteiger charge is -2.28. The van der Waals surface area contributed by atoms with E-state index < -0.39 is 5.60 Å². The van der Waals surface area contributed by atoms with Crippen LogP contribution in [-0.2, 0) is 23.4 Å². The second kappa shape index (κ2) is 10.6. The maximum absolute atomic E-state index is 13.8. The lowest BCUT2D eigenvalue weighted by Crippen LogP contribution is -2.31. The molecular weight excluding hydrogens is 441 g/mol. The molecule has 4 nitrogen and oxygen atoms in total. The summed E-state index contributed by atoms with van der Waals surface area (Å²) in [4.78, 5) is 2.22. The first-order chi connectivity index (χ1) is 17.1. The van der Waals surface area contributed by atoms with Crippen LogP contribution in [0.1, 0.15) is 41.1 Å². The summed E-state index contributed by atoms with van der Waals surface area (Å²) in [5, 5.41) is 12.0. The van der Waals surface area contributed by atoms with Crippen LogP contribution < -0.4 is 0 Å². The number of nitrogens with zero attached hydrogens (tertiary/aromatic N) is 1. The second-order valence-corrected chi connectivity index (χ2v) is 9.14. The number of hydrogen-bond acceptors (Lipinski definition) is 4. The smallest absolute Gasteiger partial charge is 0.173 e. The van der Waals surface area contributed by atoms with Crippen LogP contribution in [0.3, 0.4) is 0 Å². The first-order valence-electron chi connectivity index (χ1n) is 12.1. The van der Waals surface area contributed by atoms with Gasteiger partial charge < -0.3 is 14.3 Å². The molecule has 1 atom stereocenters. The van der Waals surface area contributed by atoms with Crippen molar-refractivity contribution in [1.29, 1.82) is 0 Å². The molecule has 2 heterocycles. The SMILES string of the molecule is OC(c1ccccc1)(c1ccccc1)c1ccc(CN(Cc2cccc(F)c2)C[C@H]2CCCO2)o1. The van der Waals surface area contributed by atoms with Crippen LogP contribution in [0.2, 0.25) is 0 Å². The first kappa shape index (κ1) is 23.5. The number of halogens is 1. The highest BCUT2D eigenvalue weighted by atomic mass is 19.1. The van der Waals surface area contributed by atoms with E-state index in [0.717, 1.165) is 48.4 Å². The highest BCUT2D eigenvalue weighted by Crippen LogP contribution is 2.37. The zero-order valence-electron chi connectivity index (χ0n) is 19.6. The molecule has 5 heteroatoms. The predicted octanol–water partition coefficient (Wildman–Crippen LogP) is 5.88. The van der Waals surface area contributed by atoms with E-state index in [1.165, 1.54) is 6.07 Å². The van der Waals surface area contributed by atoms with Crippen LogP contribution in [0.15, 0.2) is 101 Å². The van der Waals surface area contributed by atoms with Crippen molar-refractivity contribution in [3.05, 3.63) is 131 Å². The van der Waals surface area contributed by atoms with Crippen molar-refractivity contribution < 1.29 is 18.7 Å². The van der Waals surface area contributed by atoms with Crippen molar-refractivity contribution in [2.75, 3.05) is 13.2 Å². The summed E-state index contributed by atoms with van der Waals surface area (Å²) in [5.41, 5.74) is 0.967. The highest BCUT2D eigenvalue weighted by Gasteiger charge is 2.37. The van der Waals surface area contributed by atoms with E-state index in [2.05, 4.69) is 4.90 Å². The average molecular weight is 472 g/mol. The Morgan fingerprint density at radius 3 is 2.20 bits per heavy atom. The maximum atomic E-state index is 13.8. The largest absolute Gasteiger partial charge is 0.461 e. The molecular formula is C30H30FNO3. The van der Waals surface area contributed by atoms with Gasteiger partial charge in [-0.1, -0.05) is 72.8 Å². The molecule has 5 rings (SSSR count). The fraction of sp³-hybridized carbons (Fsp3) is 0.267. The topological polar surface area (TPSA) is 45.8 Å². The van der Waals surface area contributed by atoms with Crippen LogP contribution in [0.5, 0.6) is 0 Å². The fourth-order valence-electron chi connectivity index (χ4n) is 4.84. The van der Waals surface area contributed by atoms with Crippen LogP contribution in [0.25, 0.3) is 0 Å². The lowest BCUT2D eigenvalue weighted by molar-refractivity contribution is 0.0630. The molecule has 1 fully saturated rings. The molecule has 3 aromatic carbocycles. The lowest BCUT2D eigenvalue weighted by atomic mass is 9.84. The third-order valence-electron chi connectivity index (χ3n) is 6.56. The van der Waals surface area contributed by atoms with E-state index in [4.69, 9.17) is 9.15 Å². The summed E-state index contributed by atoms with van der Waals surface area (Å²) < 4.78 is 26.0. The summed E-state index contributed by atoms with van der Waals surface area (Å²) in [6.45, 7) is 2.62. The van der Waals surface area contributed by atoms with Gasteiger partial charge in [0, 0.05) is 19.7 Å². The Bertz CT molecular complexity index is 1180. The van der Waals surface area contributed by atoms with E-state index in [9.17, 15) is 9.50 Å². The third-order valence-corrected chi connectivity index (χ3v) is 6.56. The number of furan rings is 1. The van der Waals surface area contributed by atoms with Crippen molar-refractivity contribution >= 4 is 0 Å². The van der Waals surface area contributed by atoms with Gasteiger partial charge >= 0.3 is 0 Å². The molecule has 0 bridgehead atoms. The Morgan fingerprint density at radius 1 is 0.857 bits per heavy atom. The van der Waals surface area contributed by atoms with Crippen molar-refractivity contribution in [3.63, 3.8) is 0 Å². The summed E-state index contributed by atoms with van der Waals surface area (Å²) in [7, 11) is 0. The average Bonchev–Trinajstić information content (AvgIpc) is 3.57. The molecule has 180 valence electrons. The quantitative estimate of drug-likeness (QED) is 0.331. The van der Waals surface area contributed by atoms with Crippen molar-refractivity contribution in [3.8, 4) is 0 Å². The van der Waals surface area contributed by atoms with Gasteiger partial charge in [-0.3, -0.25) is 4.90 Å². The van der Waals surface area contributed by atoms with Crippen LogP contribution in [0.4, 0.5) is 4.39 Å². The summed E-state index contributed by atoms with van der Waals surface area (Å²) >= 11 is 0.